The summed E-state index contributed by atoms with van der Waals surface area (Å²) in [6, 6.07) is 11.4. The Morgan fingerprint density at radius 1 is 0.957 bits per heavy atom. The first kappa shape index (κ1) is 17.1. The summed E-state index contributed by atoms with van der Waals surface area (Å²) in [6.45, 7) is 5.00. The Kier molecular flexibility index (Phi) is 5.82. The maximum absolute atomic E-state index is 5.70. The third kappa shape index (κ3) is 4.60. The highest BCUT2D eigenvalue weighted by Gasteiger charge is 2.07. The fourth-order valence-electron chi connectivity index (χ4n) is 2.05. The Balaban J connectivity index is 1.90. The lowest BCUT2D eigenvalue weighted by Gasteiger charge is -2.13. The third-order valence-electron chi connectivity index (χ3n) is 3.54. The maximum atomic E-state index is 5.70. The molecule has 23 heavy (non-hydrogen) atoms. The monoisotopic (exact) mass is 331 g/mol. The largest absolute Gasteiger partial charge is 0.493 e. The molecule has 2 N–H and O–H groups in total. The second kappa shape index (κ2) is 7.83. The van der Waals surface area contributed by atoms with Gasteiger partial charge in [-0.05, 0) is 55.3 Å². The number of nitrogens with two attached hydrogens (primary N) is 1. The van der Waals surface area contributed by atoms with Crippen molar-refractivity contribution in [1.82, 2.24) is 0 Å². The summed E-state index contributed by atoms with van der Waals surface area (Å²) in [5, 5.41) is 0. The van der Waals surface area contributed by atoms with Crippen molar-refractivity contribution in [2.75, 3.05) is 20.3 Å². The minimum Gasteiger partial charge on any atom is -0.493 e. The lowest BCUT2D eigenvalue weighted by molar-refractivity contribution is 0.211. The van der Waals surface area contributed by atoms with Crippen LogP contribution in [0.2, 0.25) is 0 Å². The van der Waals surface area contributed by atoms with Gasteiger partial charge < -0.3 is 19.9 Å². The van der Waals surface area contributed by atoms with E-state index in [1.165, 1.54) is 11.1 Å². The first-order valence-electron chi connectivity index (χ1n) is 7.32. The van der Waals surface area contributed by atoms with Gasteiger partial charge in [-0.25, -0.2) is 0 Å². The molecule has 0 bridgehead atoms. The van der Waals surface area contributed by atoms with Gasteiger partial charge in [-0.15, -0.1) is 0 Å². The van der Waals surface area contributed by atoms with Crippen LogP contribution in [0.5, 0.6) is 17.2 Å². The number of hydrogen-bond donors (Lipinski definition) is 1. The van der Waals surface area contributed by atoms with Crippen molar-refractivity contribution in [2.45, 2.75) is 13.8 Å². The van der Waals surface area contributed by atoms with Crippen molar-refractivity contribution < 1.29 is 14.2 Å². The number of methoxy groups -OCH3 is 1. The number of rotatable bonds is 7. The van der Waals surface area contributed by atoms with E-state index in [4.69, 9.17) is 32.2 Å². The summed E-state index contributed by atoms with van der Waals surface area (Å²) in [4.78, 5) is 0.327. The van der Waals surface area contributed by atoms with Crippen LogP contribution in [0.3, 0.4) is 0 Å². The summed E-state index contributed by atoms with van der Waals surface area (Å²) >= 11 is 4.95. The van der Waals surface area contributed by atoms with Gasteiger partial charge in [0, 0.05) is 5.56 Å². The lowest BCUT2D eigenvalue weighted by atomic mass is 10.1. The van der Waals surface area contributed by atoms with Gasteiger partial charge in [-0.3, -0.25) is 0 Å². The van der Waals surface area contributed by atoms with Crippen LogP contribution in [0.25, 0.3) is 0 Å². The summed E-state index contributed by atoms with van der Waals surface area (Å²) in [5.41, 5.74) is 8.81. The minimum absolute atomic E-state index is 0.327. The average Bonchev–Trinajstić information content (AvgIpc) is 2.54. The van der Waals surface area contributed by atoms with Gasteiger partial charge in [0.2, 0.25) is 0 Å². The topological polar surface area (TPSA) is 53.7 Å². The Labute approximate surface area is 142 Å². The quantitative estimate of drug-likeness (QED) is 0.622. The molecule has 122 valence electrons. The minimum atomic E-state index is 0.327. The van der Waals surface area contributed by atoms with Crippen LogP contribution in [0, 0.1) is 13.8 Å². The van der Waals surface area contributed by atoms with E-state index >= 15 is 0 Å². The molecule has 5 heteroatoms. The molecule has 2 rings (SSSR count). The number of hydrogen-bond acceptors (Lipinski definition) is 4. The highest BCUT2D eigenvalue weighted by atomic mass is 32.1. The standard InChI is InChI=1S/C18H21NO3S/c1-12-4-6-15(10-13(12)2)21-8-9-22-16-7-5-14(18(19)23)11-17(16)20-3/h4-7,10-11H,8-9H2,1-3H3,(H2,19,23). The molecule has 0 saturated heterocycles. The Hall–Kier alpha value is -2.27. The second-order valence-corrected chi connectivity index (χ2v) is 5.61. The summed E-state index contributed by atoms with van der Waals surface area (Å²) in [5.74, 6) is 2.07. The van der Waals surface area contributed by atoms with Gasteiger partial charge in [-0.2, -0.15) is 0 Å². The summed E-state index contributed by atoms with van der Waals surface area (Å²) in [6.07, 6.45) is 0. The van der Waals surface area contributed by atoms with Crippen molar-refractivity contribution in [1.29, 1.82) is 0 Å². The van der Waals surface area contributed by atoms with E-state index in [-0.39, 0.29) is 0 Å². The molecular formula is C18H21NO3S. The number of thiocarbonyl (C=S) groups is 1. The number of aryl methyl sites for hydroxylation is 2. The SMILES string of the molecule is COc1cc(C(N)=S)ccc1OCCOc1ccc(C)c(C)c1. The van der Waals surface area contributed by atoms with Crippen molar-refractivity contribution in [2.24, 2.45) is 5.73 Å². The van der Waals surface area contributed by atoms with E-state index in [1.807, 2.05) is 24.3 Å². The second-order valence-electron chi connectivity index (χ2n) is 5.17. The van der Waals surface area contributed by atoms with Crippen molar-refractivity contribution >= 4 is 17.2 Å². The maximum Gasteiger partial charge on any atom is 0.161 e. The molecule has 0 atom stereocenters. The molecule has 0 aliphatic rings. The van der Waals surface area contributed by atoms with Crippen LogP contribution in [-0.2, 0) is 0 Å². The Morgan fingerprint density at radius 3 is 2.35 bits per heavy atom. The van der Waals surface area contributed by atoms with Gasteiger partial charge in [-0.1, -0.05) is 18.3 Å². The highest BCUT2D eigenvalue weighted by molar-refractivity contribution is 7.80. The molecule has 0 unspecified atom stereocenters. The molecule has 0 saturated carbocycles. The fourth-order valence-corrected chi connectivity index (χ4v) is 2.18. The number of benzene rings is 2. The average molecular weight is 331 g/mol. The predicted octanol–water partition coefficient (Wildman–Crippen LogP) is 3.40. The van der Waals surface area contributed by atoms with Crippen LogP contribution in [0.1, 0.15) is 16.7 Å². The molecule has 0 amide bonds. The molecular weight excluding hydrogens is 310 g/mol. The van der Waals surface area contributed by atoms with Gasteiger partial charge in [0.1, 0.15) is 24.0 Å². The predicted molar refractivity (Wildman–Crippen MR) is 95.8 cm³/mol. The van der Waals surface area contributed by atoms with Crippen LogP contribution in [0.15, 0.2) is 36.4 Å². The smallest absolute Gasteiger partial charge is 0.161 e. The molecule has 0 radical (unpaired) electrons. The van der Waals surface area contributed by atoms with E-state index in [1.54, 1.807) is 19.2 Å². The van der Waals surface area contributed by atoms with Crippen LogP contribution >= 0.6 is 12.2 Å². The zero-order chi connectivity index (χ0) is 16.8. The van der Waals surface area contributed by atoms with Crippen molar-refractivity contribution in [3.8, 4) is 17.2 Å². The number of ether oxygens (including phenoxy) is 3. The molecule has 4 nitrogen and oxygen atoms in total. The van der Waals surface area contributed by atoms with Gasteiger partial charge >= 0.3 is 0 Å². The van der Waals surface area contributed by atoms with Gasteiger partial charge in [0.15, 0.2) is 11.5 Å². The van der Waals surface area contributed by atoms with E-state index < -0.39 is 0 Å². The molecule has 0 aliphatic carbocycles. The molecule has 2 aromatic rings. The van der Waals surface area contributed by atoms with E-state index in [0.29, 0.717) is 29.7 Å². The molecule has 0 fully saturated rings. The molecule has 0 spiro atoms. The van der Waals surface area contributed by atoms with Crippen molar-refractivity contribution in [3.05, 3.63) is 53.1 Å². The lowest BCUT2D eigenvalue weighted by Crippen LogP contribution is -2.11. The van der Waals surface area contributed by atoms with E-state index in [2.05, 4.69) is 13.8 Å². The van der Waals surface area contributed by atoms with E-state index in [0.717, 1.165) is 11.3 Å². The van der Waals surface area contributed by atoms with Gasteiger partial charge in [0.05, 0.1) is 7.11 Å². The Bertz CT molecular complexity index is 701. The van der Waals surface area contributed by atoms with Crippen LogP contribution in [-0.4, -0.2) is 25.3 Å². The summed E-state index contributed by atoms with van der Waals surface area (Å²) < 4.78 is 16.7. The summed E-state index contributed by atoms with van der Waals surface area (Å²) in [7, 11) is 1.58. The molecule has 0 aromatic heterocycles. The van der Waals surface area contributed by atoms with E-state index in [9.17, 15) is 0 Å². The molecule has 0 aliphatic heterocycles. The first-order chi connectivity index (χ1) is 11.0. The zero-order valence-electron chi connectivity index (χ0n) is 13.6. The normalized spacial score (nSPS) is 10.2. The van der Waals surface area contributed by atoms with Crippen LogP contribution < -0.4 is 19.9 Å². The highest BCUT2D eigenvalue weighted by Crippen LogP contribution is 2.28. The molecule has 2 aromatic carbocycles. The van der Waals surface area contributed by atoms with Gasteiger partial charge in [0.25, 0.3) is 0 Å². The zero-order valence-corrected chi connectivity index (χ0v) is 14.4. The molecule has 0 heterocycles. The first-order valence-corrected chi connectivity index (χ1v) is 7.73. The third-order valence-corrected chi connectivity index (χ3v) is 3.77. The fraction of sp³-hybridized carbons (Fsp3) is 0.278. The Morgan fingerprint density at radius 2 is 1.70 bits per heavy atom. The van der Waals surface area contributed by atoms with Crippen molar-refractivity contribution in [3.63, 3.8) is 0 Å². The van der Waals surface area contributed by atoms with Crippen LogP contribution in [0.4, 0.5) is 0 Å².